The van der Waals surface area contributed by atoms with Crippen LogP contribution in [0.25, 0.3) is 0 Å². The van der Waals surface area contributed by atoms with Crippen molar-refractivity contribution in [3.8, 4) is 5.75 Å². The Balaban J connectivity index is 1.34. The lowest BCUT2D eigenvalue weighted by atomic mass is 9.90. The number of amides is 1. The van der Waals surface area contributed by atoms with Gasteiger partial charge in [0.2, 0.25) is 0 Å². The minimum atomic E-state index is -0.493. The fraction of sp³-hybridized carbons (Fsp3) is 0.677. The van der Waals surface area contributed by atoms with Gasteiger partial charge in [-0.15, -0.1) is 0 Å². The van der Waals surface area contributed by atoms with E-state index in [4.69, 9.17) is 15.3 Å². The highest BCUT2D eigenvalue weighted by atomic mass is 16.6. The van der Waals surface area contributed by atoms with Gasteiger partial charge in [0, 0.05) is 64.2 Å². The third-order valence-electron chi connectivity index (χ3n) is 8.09. The van der Waals surface area contributed by atoms with E-state index in [0.717, 1.165) is 88.3 Å². The number of nitrogens with one attached hydrogen (secondary N) is 1. The number of piperazine rings is 1. The molecule has 4 rings (SSSR count). The van der Waals surface area contributed by atoms with E-state index in [1.54, 1.807) is 0 Å². The lowest BCUT2D eigenvalue weighted by Crippen LogP contribution is -2.50. The van der Waals surface area contributed by atoms with Gasteiger partial charge < -0.3 is 30.4 Å². The average molecular weight is 555 g/mol. The molecule has 3 heterocycles. The summed E-state index contributed by atoms with van der Waals surface area (Å²) < 4.78 is 12.0. The quantitative estimate of drug-likeness (QED) is 0.170. The number of allylic oxidation sites excluding steroid dienone is 1. The van der Waals surface area contributed by atoms with Gasteiger partial charge in [-0.3, -0.25) is 4.90 Å². The molecule has 0 saturated carbocycles. The van der Waals surface area contributed by atoms with Gasteiger partial charge in [0.25, 0.3) is 0 Å². The number of nitrogens with zero attached hydrogens (tertiary/aromatic N) is 4. The van der Waals surface area contributed by atoms with Crippen LogP contribution >= 0.6 is 0 Å². The smallest absolute Gasteiger partial charge is 0.410 e. The number of hydrogen-bond donors (Lipinski definition) is 2. The molecule has 3 N–H and O–H groups in total. The number of hydrogen-bond acceptors (Lipinski definition) is 7. The minimum Gasteiger partial charge on any atom is -0.462 e. The average Bonchev–Trinajstić information content (AvgIpc) is 2.95. The highest BCUT2D eigenvalue weighted by molar-refractivity contribution is 5.93. The van der Waals surface area contributed by atoms with Crippen LogP contribution in [0.4, 0.5) is 4.79 Å². The first-order valence-electron chi connectivity index (χ1n) is 15.2. The third-order valence-corrected chi connectivity index (χ3v) is 8.09. The lowest BCUT2D eigenvalue weighted by molar-refractivity contribution is 0.0198. The van der Waals surface area contributed by atoms with Crippen LogP contribution in [-0.2, 0) is 4.74 Å². The molecule has 0 radical (unpaired) electrons. The van der Waals surface area contributed by atoms with E-state index < -0.39 is 5.60 Å². The molecule has 9 nitrogen and oxygen atoms in total. The Morgan fingerprint density at radius 2 is 1.85 bits per heavy atom. The summed E-state index contributed by atoms with van der Waals surface area (Å²) in [6.07, 6.45) is 7.03. The van der Waals surface area contributed by atoms with Crippen LogP contribution in [-0.4, -0.2) is 91.1 Å². The van der Waals surface area contributed by atoms with Crippen LogP contribution in [0.5, 0.6) is 5.75 Å². The van der Waals surface area contributed by atoms with Gasteiger partial charge in [0.15, 0.2) is 5.84 Å². The molecule has 3 aliphatic heterocycles. The molecular formula is C31H50N6O3. The van der Waals surface area contributed by atoms with E-state index in [1.807, 2.05) is 43.9 Å². The standard InChI is InChI=1S/C31H50N6O3/c1-5-27(21-29(34-32)36-18-16-35(17-19-36)22-24-11-13-33-14-12-24)39-28-10-6-8-25(20-28)26-9-7-15-37(23-26)30(38)40-31(2,3)4/h6,8,10,20-21,24,26,33H,5,7,9,11-19,22-23,32H2,1-4H3/b27-21+,34-29+. The highest BCUT2D eigenvalue weighted by Crippen LogP contribution is 2.30. The molecule has 1 atom stereocenters. The molecule has 1 unspecified atom stereocenters. The van der Waals surface area contributed by atoms with Crippen molar-refractivity contribution >= 4 is 11.9 Å². The predicted octanol–water partition coefficient (Wildman–Crippen LogP) is 4.36. The maximum absolute atomic E-state index is 12.7. The second-order valence-corrected chi connectivity index (χ2v) is 12.4. The molecular weight excluding hydrogens is 504 g/mol. The van der Waals surface area contributed by atoms with Crippen molar-refractivity contribution in [3.63, 3.8) is 0 Å². The molecule has 0 aromatic heterocycles. The van der Waals surface area contributed by atoms with Crippen LogP contribution < -0.4 is 15.9 Å². The SMILES string of the molecule is CC/C(=C\C(=N/N)N1CCN(CC2CCNCC2)CC1)Oc1cccc(C2CCCN(C(=O)OC(C)(C)C)C2)c1. The van der Waals surface area contributed by atoms with Crippen LogP contribution in [0.15, 0.2) is 41.2 Å². The number of ether oxygens (including phenoxy) is 2. The largest absolute Gasteiger partial charge is 0.462 e. The predicted molar refractivity (Wildman–Crippen MR) is 160 cm³/mol. The monoisotopic (exact) mass is 554 g/mol. The van der Waals surface area contributed by atoms with E-state index >= 15 is 0 Å². The summed E-state index contributed by atoms with van der Waals surface area (Å²) in [5.41, 5.74) is 0.686. The number of carbonyl (C=O) groups excluding carboxylic acids is 1. The second kappa shape index (κ2) is 14.2. The number of carbonyl (C=O) groups is 1. The van der Waals surface area contributed by atoms with E-state index in [0.29, 0.717) is 6.54 Å². The van der Waals surface area contributed by atoms with Gasteiger partial charge in [0.05, 0.1) is 0 Å². The Hall–Kier alpha value is -2.78. The summed E-state index contributed by atoms with van der Waals surface area (Å²) >= 11 is 0. The number of piperidine rings is 2. The molecule has 3 fully saturated rings. The Morgan fingerprint density at radius 1 is 1.10 bits per heavy atom. The van der Waals surface area contributed by atoms with Gasteiger partial charge >= 0.3 is 6.09 Å². The third kappa shape index (κ3) is 8.86. The van der Waals surface area contributed by atoms with Gasteiger partial charge in [-0.25, -0.2) is 4.79 Å². The van der Waals surface area contributed by atoms with Crippen molar-refractivity contribution in [1.82, 2.24) is 20.0 Å². The number of nitrogens with two attached hydrogens (primary N) is 1. The first-order chi connectivity index (χ1) is 19.2. The molecule has 9 heteroatoms. The second-order valence-electron chi connectivity index (χ2n) is 12.4. The maximum atomic E-state index is 12.7. The van der Waals surface area contributed by atoms with Gasteiger partial charge in [0.1, 0.15) is 17.1 Å². The Bertz CT molecular complexity index is 1020. The molecule has 0 bridgehead atoms. The van der Waals surface area contributed by atoms with Crippen LogP contribution in [0.3, 0.4) is 0 Å². The number of rotatable bonds is 7. The molecule has 3 aliphatic rings. The maximum Gasteiger partial charge on any atom is 0.410 e. The van der Waals surface area contributed by atoms with Gasteiger partial charge in [-0.1, -0.05) is 19.1 Å². The Kier molecular flexibility index (Phi) is 10.7. The van der Waals surface area contributed by atoms with Crippen molar-refractivity contribution in [2.75, 3.05) is 58.9 Å². The molecule has 40 heavy (non-hydrogen) atoms. The van der Waals surface area contributed by atoms with Crippen molar-refractivity contribution in [3.05, 3.63) is 41.7 Å². The number of amidine groups is 1. The fourth-order valence-electron chi connectivity index (χ4n) is 5.87. The fourth-order valence-corrected chi connectivity index (χ4v) is 5.87. The van der Waals surface area contributed by atoms with Crippen molar-refractivity contribution in [2.24, 2.45) is 16.9 Å². The highest BCUT2D eigenvalue weighted by Gasteiger charge is 2.29. The summed E-state index contributed by atoms with van der Waals surface area (Å²) in [7, 11) is 0. The van der Waals surface area contributed by atoms with Gasteiger partial charge in [-0.2, -0.15) is 5.10 Å². The molecule has 0 spiro atoms. The molecule has 1 aromatic rings. The van der Waals surface area contributed by atoms with Crippen LogP contribution in [0.1, 0.15) is 71.3 Å². The van der Waals surface area contributed by atoms with Gasteiger partial charge in [-0.05, 0) is 83.2 Å². The first-order valence-corrected chi connectivity index (χ1v) is 15.2. The van der Waals surface area contributed by atoms with Crippen molar-refractivity contribution in [2.45, 2.75) is 71.3 Å². The summed E-state index contributed by atoms with van der Waals surface area (Å²) in [6, 6.07) is 8.25. The summed E-state index contributed by atoms with van der Waals surface area (Å²) in [4.78, 5) is 19.3. The van der Waals surface area contributed by atoms with Crippen molar-refractivity contribution in [1.29, 1.82) is 0 Å². The van der Waals surface area contributed by atoms with Crippen LogP contribution in [0, 0.1) is 5.92 Å². The zero-order chi connectivity index (χ0) is 28.5. The molecule has 1 amide bonds. The summed E-state index contributed by atoms with van der Waals surface area (Å²) in [5.74, 6) is 9.32. The summed E-state index contributed by atoms with van der Waals surface area (Å²) in [5, 5.41) is 7.59. The Labute approximate surface area is 240 Å². The number of hydrazone groups is 1. The number of likely N-dealkylation sites (tertiary alicyclic amines) is 1. The molecule has 1 aromatic carbocycles. The Morgan fingerprint density at radius 3 is 2.52 bits per heavy atom. The molecule has 0 aliphatic carbocycles. The molecule has 222 valence electrons. The summed E-state index contributed by atoms with van der Waals surface area (Å²) in [6.45, 7) is 16.6. The topological polar surface area (TPSA) is 95.7 Å². The lowest BCUT2D eigenvalue weighted by Gasteiger charge is -2.38. The van der Waals surface area contributed by atoms with E-state index in [-0.39, 0.29) is 12.0 Å². The zero-order valence-corrected chi connectivity index (χ0v) is 25.0. The molecule has 3 saturated heterocycles. The first kappa shape index (κ1) is 30.2. The normalized spacial score (nSPS) is 22.4. The van der Waals surface area contributed by atoms with E-state index in [1.165, 1.54) is 24.9 Å². The zero-order valence-electron chi connectivity index (χ0n) is 25.0. The van der Waals surface area contributed by atoms with Crippen molar-refractivity contribution < 1.29 is 14.3 Å². The van der Waals surface area contributed by atoms with Crippen LogP contribution in [0.2, 0.25) is 0 Å². The number of benzene rings is 1. The minimum absolute atomic E-state index is 0.235. The van der Waals surface area contributed by atoms with E-state index in [9.17, 15) is 4.79 Å². The van der Waals surface area contributed by atoms with E-state index in [2.05, 4.69) is 39.3 Å².